The van der Waals surface area contributed by atoms with Crippen molar-refractivity contribution in [3.8, 4) is 0 Å². The van der Waals surface area contributed by atoms with Crippen molar-refractivity contribution in [2.45, 2.75) is 60.8 Å². The molecule has 0 radical (unpaired) electrons. The van der Waals surface area contributed by atoms with Crippen molar-refractivity contribution in [1.82, 2.24) is 5.32 Å². The molecule has 0 aromatic rings. The van der Waals surface area contributed by atoms with Gasteiger partial charge in [0, 0.05) is 0 Å². The van der Waals surface area contributed by atoms with Gasteiger partial charge in [-0.2, -0.15) is 0 Å². The summed E-state index contributed by atoms with van der Waals surface area (Å²) in [5.74, 6) is 0.854. The van der Waals surface area contributed by atoms with Gasteiger partial charge in [0.1, 0.15) is 0 Å². The summed E-state index contributed by atoms with van der Waals surface area (Å²) in [4.78, 5) is 0. The highest BCUT2D eigenvalue weighted by molar-refractivity contribution is 4.70. The van der Waals surface area contributed by atoms with Crippen LogP contribution in [-0.2, 0) is 0 Å². The molecule has 0 aliphatic rings. The fraction of sp³-hybridized carbons (Fsp3) is 1.00. The van der Waals surface area contributed by atoms with Gasteiger partial charge < -0.3 is 5.32 Å². The van der Waals surface area contributed by atoms with E-state index in [2.05, 4.69) is 33.0 Å². The molecule has 1 heteroatoms. The lowest BCUT2D eigenvalue weighted by molar-refractivity contribution is 0.259. The molecule has 0 saturated carbocycles. The number of hydrogen-bond acceptors (Lipinski definition) is 1. The van der Waals surface area contributed by atoms with E-state index in [-0.39, 0.29) is 0 Å². The molecule has 1 atom stereocenters. The van der Waals surface area contributed by atoms with Crippen molar-refractivity contribution < 1.29 is 0 Å². The third-order valence-corrected chi connectivity index (χ3v) is 2.75. The number of hydrogen-bond donors (Lipinski definition) is 1. The minimum atomic E-state index is 0.535. The molecule has 1 unspecified atom stereocenters. The van der Waals surface area contributed by atoms with Gasteiger partial charge in [-0.3, -0.25) is 0 Å². The second-order valence-electron chi connectivity index (χ2n) is 4.72. The summed E-state index contributed by atoms with van der Waals surface area (Å²) in [6.45, 7) is 14.5. The Balaban J connectivity index is 0. The van der Waals surface area contributed by atoms with Crippen LogP contribution < -0.4 is 5.32 Å². The zero-order valence-corrected chi connectivity index (χ0v) is 11.4. The third-order valence-electron chi connectivity index (χ3n) is 2.75. The summed E-state index contributed by atoms with van der Waals surface area (Å²) < 4.78 is 0. The van der Waals surface area contributed by atoms with Crippen LogP contribution in [0.25, 0.3) is 0 Å². The molecule has 0 aromatic carbocycles. The minimum absolute atomic E-state index is 0.535. The van der Waals surface area contributed by atoms with E-state index in [1.807, 2.05) is 20.9 Å². The normalized spacial score (nSPS) is 13.1. The topological polar surface area (TPSA) is 12.0 Å². The fourth-order valence-corrected chi connectivity index (χ4v) is 1.58. The van der Waals surface area contributed by atoms with Gasteiger partial charge in [0.15, 0.2) is 0 Å². The van der Waals surface area contributed by atoms with Gasteiger partial charge >= 0.3 is 0 Å². The van der Waals surface area contributed by atoms with Gasteiger partial charge in [-0.25, -0.2) is 0 Å². The highest BCUT2D eigenvalue weighted by Crippen LogP contribution is 2.29. The number of nitrogens with one attached hydrogen (secondary N) is 1. The van der Waals surface area contributed by atoms with Crippen LogP contribution in [0.2, 0.25) is 0 Å². The van der Waals surface area contributed by atoms with Gasteiger partial charge in [-0.05, 0) is 37.8 Å². The van der Waals surface area contributed by atoms with Crippen molar-refractivity contribution in [3.63, 3.8) is 0 Å². The second kappa shape index (κ2) is 9.51. The summed E-state index contributed by atoms with van der Waals surface area (Å²) in [5, 5.41) is 3.20. The van der Waals surface area contributed by atoms with E-state index in [0.29, 0.717) is 5.41 Å². The summed E-state index contributed by atoms with van der Waals surface area (Å²) >= 11 is 0. The van der Waals surface area contributed by atoms with E-state index in [0.717, 1.165) is 12.5 Å². The molecular formula is C13H31N. The molecule has 0 aromatic heterocycles. The van der Waals surface area contributed by atoms with Gasteiger partial charge in [-0.1, -0.05) is 48.0 Å². The summed E-state index contributed by atoms with van der Waals surface area (Å²) in [5.41, 5.74) is 0.535. The average molecular weight is 201 g/mol. The standard InChI is InChI=1S/C11H25N.C2H6/c1-6-11(3,4)9-10(2)7-8-12-5;1-2/h10,12H,6-9H2,1-5H3;1-2H3. The third kappa shape index (κ3) is 10.0. The van der Waals surface area contributed by atoms with Crippen LogP contribution in [0.3, 0.4) is 0 Å². The molecular weight excluding hydrogens is 170 g/mol. The molecule has 0 bridgehead atoms. The Hall–Kier alpha value is -0.0400. The highest BCUT2D eigenvalue weighted by Gasteiger charge is 2.18. The maximum atomic E-state index is 3.20. The maximum Gasteiger partial charge on any atom is -0.00494 e. The molecule has 0 fully saturated rings. The molecule has 0 heterocycles. The minimum Gasteiger partial charge on any atom is -0.320 e. The van der Waals surface area contributed by atoms with Crippen molar-refractivity contribution in [3.05, 3.63) is 0 Å². The van der Waals surface area contributed by atoms with E-state index in [4.69, 9.17) is 0 Å². The second-order valence-corrected chi connectivity index (χ2v) is 4.72. The maximum absolute atomic E-state index is 3.20. The molecule has 0 saturated heterocycles. The summed E-state index contributed by atoms with van der Waals surface area (Å²) in [7, 11) is 2.03. The van der Waals surface area contributed by atoms with E-state index in [9.17, 15) is 0 Å². The van der Waals surface area contributed by atoms with Gasteiger partial charge in [0.2, 0.25) is 0 Å². The predicted octanol–water partition coefficient (Wildman–Crippen LogP) is 4.08. The Kier molecular flexibility index (Phi) is 11.1. The van der Waals surface area contributed by atoms with Crippen LogP contribution in [-0.4, -0.2) is 13.6 Å². The Morgan fingerprint density at radius 3 is 2.07 bits per heavy atom. The fourth-order valence-electron chi connectivity index (χ4n) is 1.58. The first-order chi connectivity index (χ1) is 6.52. The van der Waals surface area contributed by atoms with Crippen molar-refractivity contribution in [2.24, 2.45) is 11.3 Å². The zero-order chi connectivity index (χ0) is 11.6. The van der Waals surface area contributed by atoms with Crippen molar-refractivity contribution in [1.29, 1.82) is 0 Å². The molecule has 0 spiro atoms. The summed E-state index contributed by atoms with van der Waals surface area (Å²) in [6.07, 6.45) is 3.95. The van der Waals surface area contributed by atoms with E-state index in [1.165, 1.54) is 19.3 Å². The van der Waals surface area contributed by atoms with Crippen LogP contribution in [0.15, 0.2) is 0 Å². The van der Waals surface area contributed by atoms with Crippen molar-refractivity contribution in [2.75, 3.05) is 13.6 Å². The largest absolute Gasteiger partial charge is 0.320 e. The van der Waals surface area contributed by atoms with Crippen molar-refractivity contribution >= 4 is 0 Å². The van der Waals surface area contributed by atoms with Crippen LogP contribution in [0.5, 0.6) is 0 Å². The molecule has 0 rings (SSSR count). The smallest absolute Gasteiger partial charge is 0.00494 e. The molecule has 0 aliphatic carbocycles. The average Bonchev–Trinajstić information content (AvgIpc) is 2.17. The van der Waals surface area contributed by atoms with E-state index < -0.39 is 0 Å². The Bertz CT molecular complexity index is 108. The van der Waals surface area contributed by atoms with Gasteiger partial charge in [-0.15, -0.1) is 0 Å². The van der Waals surface area contributed by atoms with E-state index in [1.54, 1.807) is 0 Å². The molecule has 1 N–H and O–H groups in total. The van der Waals surface area contributed by atoms with Crippen LogP contribution in [0.1, 0.15) is 60.8 Å². The molecule has 0 amide bonds. The first-order valence-electron chi connectivity index (χ1n) is 6.16. The Morgan fingerprint density at radius 2 is 1.71 bits per heavy atom. The molecule has 14 heavy (non-hydrogen) atoms. The monoisotopic (exact) mass is 201 g/mol. The number of rotatable bonds is 6. The Morgan fingerprint density at radius 1 is 1.21 bits per heavy atom. The predicted molar refractivity (Wildman–Crippen MR) is 67.7 cm³/mol. The van der Waals surface area contributed by atoms with Crippen LogP contribution >= 0.6 is 0 Å². The summed E-state index contributed by atoms with van der Waals surface area (Å²) in [6, 6.07) is 0. The Labute approximate surface area is 91.7 Å². The molecule has 88 valence electrons. The van der Waals surface area contributed by atoms with Gasteiger partial charge in [0.25, 0.3) is 0 Å². The van der Waals surface area contributed by atoms with Gasteiger partial charge in [0.05, 0.1) is 0 Å². The lowest BCUT2D eigenvalue weighted by atomic mass is 9.80. The quantitative estimate of drug-likeness (QED) is 0.682. The van der Waals surface area contributed by atoms with Crippen LogP contribution in [0.4, 0.5) is 0 Å². The highest BCUT2D eigenvalue weighted by atomic mass is 14.8. The SMILES string of the molecule is CC.CCC(C)(C)CC(C)CCNC. The zero-order valence-electron chi connectivity index (χ0n) is 11.4. The first kappa shape index (κ1) is 16.4. The molecule has 1 nitrogen and oxygen atoms in total. The van der Waals surface area contributed by atoms with E-state index >= 15 is 0 Å². The van der Waals surface area contributed by atoms with Crippen LogP contribution in [0, 0.1) is 11.3 Å². The lowest BCUT2D eigenvalue weighted by Crippen LogP contribution is -2.18. The lowest BCUT2D eigenvalue weighted by Gasteiger charge is -2.26. The molecule has 0 aliphatic heterocycles. The first-order valence-corrected chi connectivity index (χ1v) is 6.16.